The van der Waals surface area contributed by atoms with Crippen LogP contribution >= 0.6 is 23.2 Å². The molecule has 2 N–H and O–H groups in total. The summed E-state index contributed by atoms with van der Waals surface area (Å²) in [5.74, 6) is 0.0497. The summed E-state index contributed by atoms with van der Waals surface area (Å²) in [6.45, 7) is -0.215. The Kier molecular flexibility index (Phi) is 6.35. The highest BCUT2D eigenvalue weighted by molar-refractivity contribution is 6.32. The third kappa shape index (κ3) is 5.01. The molecule has 0 heterocycles. The molecule has 138 valence electrons. The lowest BCUT2D eigenvalue weighted by Crippen LogP contribution is -2.21. The molecule has 0 bridgehead atoms. The topological polar surface area (TPSA) is 58.6 Å². The maximum atomic E-state index is 12.3. The van der Waals surface area contributed by atoms with E-state index in [-0.39, 0.29) is 12.5 Å². The summed E-state index contributed by atoms with van der Waals surface area (Å²) in [6, 6.07) is 21.0. The van der Waals surface area contributed by atoms with Crippen LogP contribution in [0.2, 0.25) is 10.0 Å². The van der Waals surface area contributed by atoms with Crippen molar-refractivity contribution in [3.63, 3.8) is 0 Å². The fraction of sp³-hybridized carbons (Fsp3) is 0.0952. The van der Waals surface area contributed by atoms with Crippen molar-refractivity contribution < 1.29 is 14.6 Å². The first-order chi connectivity index (χ1) is 13.0. The van der Waals surface area contributed by atoms with Gasteiger partial charge in [-0.25, -0.2) is 0 Å². The summed E-state index contributed by atoms with van der Waals surface area (Å²) in [7, 11) is 0. The van der Waals surface area contributed by atoms with Crippen LogP contribution in [0.1, 0.15) is 17.2 Å². The SMILES string of the molecule is O=C(COc1ccccc1Cl)Nc1ccc(Cl)cc1C(O)c1ccccc1. The van der Waals surface area contributed by atoms with Crippen LogP contribution in [0, 0.1) is 0 Å². The highest BCUT2D eigenvalue weighted by atomic mass is 35.5. The molecule has 0 aliphatic carbocycles. The summed E-state index contributed by atoms with van der Waals surface area (Å²) < 4.78 is 5.45. The molecule has 3 rings (SSSR count). The van der Waals surface area contributed by atoms with Crippen molar-refractivity contribution in [1.82, 2.24) is 0 Å². The quantitative estimate of drug-likeness (QED) is 0.604. The molecule has 0 fully saturated rings. The maximum Gasteiger partial charge on any atom is 0.262 e. The lowest BCUT2D eigenvalue weighted by molar-refractivity contribution is -0.118. The van der Waals surface area contributed by atoms with E-state index in [1.54, 1.807) is 54.6 Å². The lowest BCUT2D eigenvalue weighted by Gasteiger charge is -2.17. The van der Waals surface area contributed by atoms with Crippen molar-refractivity contribution >= 4 is 34.8 Å². The van der Waals surface area contributed by atoms with Gasteiger partial charge in [-0.2, -0.15) is 0 Å². The Bertz CT molecular complexity index is 932. The summed E-state index contributed by atoms with van der Waals surface area (Å²) in [4.78, 5) is 12.3. The van der Waals surface area contributed by atoms with Crippen LogP contribution in [-0.4, -0.2) is 17.6 Å². The number of aliphatic hydroxyl groups is 1. The molecule has 0 aromatic heterocycles. The standard InChI is InChI=1S/C21H17Cl2NO3/c22-15-10-11-18(16(12-15)21(26)14-6-2-1-3-7-14)24-20(25)13-27-19-9-5-4-8-17(19)23/h1-12,21,26H,13H2,(H,24,25). The minimum Gasteiger partial charge on any atom is -0.482 e. The van der Waals surface area contributed by atoms with Crippen molar-refractivity contribution in [2.24, 2.45) is 0 Å². The van der Waals surface area contributed by atoms with Crippen LogP contribution in [0.4, 0.5) is 5.69 Å². The second-order valence-corrected chi connectivity index (χ2v) is 6.66. The Morgan fingerprint density at radius 2 is 1.70 bits per heavy atom. The molecule has 0 saturated heterocycles. The maximum absolute atomic E-state index is 12.3. The molecule has 6 heteroatoms. The van der Waals surface area contributed by atoms with Crippen LogP contribution in [0.15, 0.2) is 72.8 Å². The molecule has 3 aromatic rings. The molecule has 1 unspecified atom stereocenters. The Balaban J connectivity index is 1.75. The fourth-order valence-electron chi connectivity index (χ4n) is 2.58. The zero-order valence-corrected chi connectivity index (χ0v) is 15.7. The molecule has 1 atom stereocenters. The van der Waals surface area contributed by atoms with Crippen LogP contribution in [0.5, 0.6) is 5.75 Å². The van der Waals surface area contributed by atoms with Crippen LogP contribution in [-0.2, 0) is 4.79 Å². The van der Waals surface area contributed by atoms with Gasteiger partial charge in [0, 0.05) is 16.3 Å². The van der Waals surface area contributed by atoms with E-state index in [0.29, 0.717) is 32.6 Å². The third-order valence-corrected chi connectivity index (χ3v) is 4.44. The Morgan fingerprint density at radius 1 is 1.00 bits per heavy atom. The molecule has 0 radical (unpaired) electrons. The second-order valence-electron chi connectivity index (χ2n) is 5.81. The number of amides is 1. The summed E-state index contributed by atoms with van der Waals surface area (Å²) in [6.07, 6.45) is -0.926. The number of benzene rings is 3. The number of carbonyl (C=O) groups excluding carboxylic acids is 1. The van der Waals surface area contributed by atoms with Gasteiger partial charge in [0.05, 0.1) is 5.02 Å². The number of hydrogen-bond acceptors (Lipinski definition) is 3. The second kappa shape index (κ2) is 8.91. The van der Waals surface area contributed by atoms with E-state index in [9.17, 15) is 9.90 Å². The third-order valence-electron chi connectivity index (χ3n) is 3.89. The summed E-state index contributed by atoms with van der Waals surface area (Å²) in [5.41, 5.74) is 1.66. The minimum absolute atomic E-state index is 0.215. The Labute approximate surface area is 167 Å². The van der Waals surface area contributed by atoms with Crippen LogP contribution in [0.3, 0.4) is 0 Å². The smallest absolute Gasteiger partial charge is 0.262 e. The van der Waals surface area contributed by atoms with Gasteiger partial charge < -0.3 is 15.2 Å². The number of carbonyl (C=O) groups is 1. The predicted octanol–water partition coefficient (Wildman–Crippen LogP) is 5.09. The van der Waals surface area contributed by atoms with Crippen molar-refractivity contribution in [1.29, 1.82) is 0 Å². The predicted molar refractivity (Wildman–Crippen MR) is 108 cm³/mol. The zero-order valence-electron chi connectivity index (χ0n) is 14.2. The van der Waals surface area contributed by atoms with Crippen LogP contribution < -0.4 is 10.1 Å². The van der Waals surface area contributed by atoms with Gasteiger partial charge in [-0.1, -0.05) is 65.7 Å². The van der Waals surface area contributed by atoms with Crippen molar-refractivity contribution in [3.8, 4) is 5.75 Å². The Morgan fingerprint density at radius 3 is 2.44 bits per heavy atom. The molecular formula is C21H17Cl2NO3. The molecule has 3 aromatic carbocycles. The van der Waals surface area contributed by atoms with E-state index in [2.05, 4.69) is 5.32 Å². The van der Waals surface area contributed by atoms with E-state index >= 15 is 0 Å². The number of halogens is 2. The lowest BCUT2D eigenvalue weighted by atomic mass is 10.00. The van der Waals surface area contributed by atoms with Gasteiger partial charge in [-0.3, -0.25) is 4.79 Å². The van der Waals surface area contributed by atoms with Gasteiger partial charge in [0.25, 0.3) is 5.91 Å². The zero-order chi connectivity index (χ0) is 19.2. The van der Waals surface area contributed by atoms with Crippen molar-refractivity contribution in [3.05, 3.63) is 94.0 Å². The van der Waals surface area contributed by atoms with E-state index < -0.39 is 6.10 Å². The monoisotopic (exact) mass is 401 g/mol. The number of nitrogens with one attached hydrogen (secondary N) is 1. The number of para-hydroxylation sites is 1. The van der Waals surface area contributed by atoms with E-state index in [1.165, 1.54) is 0 Å². The number of anilines is 1. The fourth-order valence-corrected chi connectivity index (χ4v) is 2.95. The summed E-state index contributed by atoms with van der Waals surface area (Å²) in [5, 5.41) is 14.3. The number of hydrogen-bond donors (Lipinski definition) is 2. The van der Waals surface area contributed by atoms with Gasteiger partial charge in [0.1, 0.15) is 11.9 Å². The average molecular weight is 402 g/mol. The van der Waals surface area contributed by atoms with Crippen LogP contribution in [0.25, 0.3) is 0 Å². The Hall–Kier alpha value is -2.53. The van der Waals surface area contributed by atoms with Gasteiger partial charge >= 0.3 is 0 Å². The van der Waals surface area contributed by atoms with Gasteiger partial charge in [0.15, 0.2) is 6.61 Å². The molecule has 0 saturated carbocycles. The number of aliphatic hydroxyl groups excluding tert-OH is 1. The average Bonchev–Trinajstić information content (AvgIpc) is 2.69. The first-order valence-electron chi connectivity index (χ1n) is 8.24. The van der Waals surface area contributed by atoms with Gasteiger partial charge in [-0.05, 0) is 35.9 Å². The van der Waals surface area contributed by atoms with Gasteiger partial charge in [-0.15, -0.1) is 0 Å². The number of ether oxygens (including phenoxy) is 1. The van der Waals surface area contributed by atoms with Crippen molar-refractivity contribution in [2.45, 2.75) is 6.10 Å². The molecule has 4 nitrogen and oxygen atoms in total. The van der Waals surface area contributed by atoms with E-state index in [4.69, 9.17) is 27.9 Å². The minimum atomic E-state index is -0.926. The molecule has 0 spiro atoms. The first kappa shape index (κ1) is 19.2. The number of rotatable bonds is 6. The highest BCUT2D eigenvalue weighted by Gasteiger charge is 2.17. The normalized spacial score (nSPS) is 11.7. The van der Waals surface area contributed by atoms with Crippen molar-refractivity contribution in [2.75, 3.05) is 11.9 Å². The molecule has 27 heavy (non-hydrogen) atoms. The molecule has 0 aliphatic heterocycles. The largest absolute Gasteiger partial charge is 0.482 e. The molecular weight excluding hydrogens is 385 g/mol. The first-order valence-corrected chi connectivity index (χ1v) is 9.00. The molecule has 1 amide bonds. The molecule has 0 aliphatic rings. The van der Waals surface area contributed by atoms with E-state index in [0.717, 1.165) is 0 Å². The van der Waals surface area contributed by atoms with E-state index in [1.807, 2.05) is 18.2 Å². The highest BCUT2D eigenvalue weighted by Crippen LogP contribution is 2.31. The summed E-state index contributed by atoms with van der Waals surface area (Å²) >= 11 is 12.1. The van der Waals surface area contributed by atoms with Gasteiger partial charge in [0.2, 0.25) is 0 Å².